The number of thioether (sulfide) groups is 1. The SMILES string of the molecule is N[C@H]1CCS[C@H]2CCC[C@@H](c3nnco3)N2C1=O.O=C(O)C(F)(F)F. The molecule has 1 aromatic rings. The maximum Gasteiger partial charge on any atom is 0.490 e. The number of hydrogen-bond donors (Lipinski definition) is 2. The van der Waals surface area contributed by atoms with Crippen LogP contribution in [-0.2, 0) is 9.59 Å². The van der Waals surface area contributed by atoms with Gasteiger partial charge in [-0.3, -0.25) is 4.79 Å². The Morgan fingerprint density at radius 3 is 2.64 bits per heavy atom. The van der Waals surface area contributed by atoms with E-state index >= 15 is 0 Å². The van der Waals surface area contributed by atoms with Crippen molar-refractivity contribution in [3.8, 4) is 0 Å². The van der Waals surface area contributed by atoms with Crippen LogP contribution in [0.2, 0.25) is 0 Å². The lowest BCUT2D eigenvalue weighted by Gasteiger charge is -2.39. The molecule has 0 unspecified atom stereocenters. The summed E-state index contributed by atoms with van der Waals surface area (Å²) in [6.07, 6.45) is -0.0590. The number of aliphatic carboxylic acids is 1. The van der Waals surface area contributed by atoms with Crippen molar-refractivity contribution in [3.05, 3.63) is 12.3 Å². The van der Waals surface area contributed by atoms with Crippen molar-refractivity contribution in [3.63, 3.8) is 0 Å². The molecule has 0 radical (unpaired) electrons. The van der Waals surface area contributed by atoms with E-state index in [4.69, 9.17) is 20.1 Å². The summed E-state index contributed by atoms with van der Waals surface area (Å²) in [5.74, 6) is -1.27. The van der Waals surface area contributed by atoms with Gasteiger partial charge in [-0.1, -0.05) is 0 Å². The van der Waals surface area contributed by atoms with Crippen molar-refractivity contribution >= 4 is 23.6 Å². The molecule has 1 amide bonds. The largest absolute Gasteiger partial charge is 0.490 e. The maximum atomic E-state index is 12.4. The number of nitrogens with zero attached hydrogens (tertiary/aromatic N) is 3. The average Bonchev–Trinajstić information content (AvgIpc) is 3.03. The number of nitrogens with two attached hydrogens (primary N) is 1. The summed E-state index contributed by atoms with van der Waals surface area (Å²) in [6, 6.07) is -0.499. The number of fused-ring (bicyclic) bond motifs is 1. The molecule has 3 heterocycles. The van der Waals surface area contributed by atoms with Gasteiger partial charge in [0.15, 0.2) is 0 Å². The first-order chi connectivity index (χ1) is 11.7. The van der Waals surface area contributed by atoms with Gasteiger partial charge >= 0.3 is 12.1 Å². The topological polar surface area (TPSA) is 123 Å². The summed E-state index contributed by atoms with van der Waals surface area (Å²) < 4.78 is 37.0. The molecule has 3 atom stereocenters. The van der Waals surface area contributed by atoms with Crippen LogP contribution in [0.4, 0.5) is 13.2 Å². The van der Waals surface area contributed by atoms with Crippen molar-refractivity contribution < 1.29 is 32.3 Å². The Bertz CT molecular complexity index is 599. The van der Waals surface area contributed by atoms with Crippen LogP contribution in [0.25, 0.3) is 0 Å². The van der Waals surface area contributed by atoms with E-state index in [-0.39, 0.29) is 17.3 Å². The number of carboxylic acids is 1. The Balaban J connectivity index is 0.000000277. The molecule has 3 rings (SSSR count). The van der Waals surface area contributed by atoms with Crippen molar-refractivity contribution in [2.45, 2.75) is 49.3 Å². The Kier molecular flexibility index (Phi) is 6.27. The van der Waals surface area contributed by atoms with Crippen LogP contribution >= 0.6 is 11.8 Å². The minimum atomic E-state index is -5.08. The molecule has 0 aromatic carbocycles. The third-order valence-corrected chi connectivity index (χ3v) is 5.11. The second-order valence-electron chi connectivity index (χ2n) is 5.49. The summed E-state index contributed by atoms with van der Waals surface area (Å²) >= 11 is 1.81. The standard InChI is InChI=1S/C11H16N4O2S.C2HF3O2/c12-7-4-5-18-9-3-1-2-8(15(9)11(7)16)10-14-13-6-17-10;3-2(4,5)1(6)7/h6-9H,1-5,12H2;(H,6,7)/t7-,8-,9-;/m0./s1. The number of piperidine rings is 1. The van der Waals surface area contributed by atoms with Gasteiger partial charge in [-0.25, -0.2) is 4.79 Å². The summed E-state index contributed by atoms with van der Waals surface area (Å²) in [5, 5.41) is 15.0. The van der Waals surface area contributed by atoms with E-state index in [1.54, 1.807) is 0 Å². The number of carbonyl (C=O) groups excluding carboxylic acids is 1. The van der Waals surface area contributed by atoms with Gasteiger partial charge in [0.25, 0.3) is 0 Å². The number of rotatable bonds is 1. The van der Waals surface area contributed by atoms with E-state index < -0.39 is 18.2 Å². The molecule has 25 heavy (non-hydrogen) atoms. The lowest BCUT2D eigenvalue weighted by Crippen LogP contribution is -2.49. The van der Waals surface area contributed by atoms with Crippen molar-refractivity contribution in [1.82, 2.24) is 15.1 Å². The molecule has 2 aliphatic heterocycles. The highest BCUT2D eigenvalue weighted by molar-refractivity contribution is 7.99. The minimum absolute atomic E-state index is 0.0212. The van der Waals surface area contributed by atoms with Crippen molar-refractivity contribution in [2.24, 2.45) is 5.73 Å². The van der Waals surface area contributed by atoms with Gasteiger partial charge in [-0.2, -0.15) is 13.2 Å². The van der Waals surface area contributed by atoms with Crippen LogP contribution in [0.1, 0.15) is 37.6 Å². The molecule has 12 heteroatoms. The molecule has 0 saturated carbocycles. The van der Waals surface area contributed by atoms with Crippen LogP contribution in [0.15, 0.2) is 10.8 Å². The number of carboxylic acid groups (broad SMARTS) is 1. The maximum absolute atomic E-state index is 12.4. The summed E-state index contributed by atoms with van der Waals surface area (Å²) in [4.78, 5) is 23.2. The van der Waals surface area contributed by atoms with Crippen LogP contribution in [0.5, 0.6) is 0 Å². The van der Waals surface area contributed by atoms with E-state index in [1.807, 2.05) is 16.7 Å². The highest BCUT2D eigenvalue weighted by Gasteiger charge is 2.41. The van der Waals surface area contributed by atoms with Crippen LogP contribution in [0, 0.1) is 0 Å². The molecular weight excluding hydrogens is 365 g/mol. The van der Waals surface area contributed by atoms with Crippen molar-refractivity contribution in [1.29, 1.82) is 0 Å². The third kappa shape index (κ3) is 4.84. The molecule has 1 aromatic heterocycles. The minimum Gasteiger partial charge on any atom is -0.475 e. The van der Waals surface area contributed by atoms with Gasteiger partial charge in [-0.15, -0.1) is 22.0 Å². The van der Waals surface area contributed by atoms with Crippen LogP contribution in [-0.4, -0.2) is 55.4 Å². The number of aromatic nitrogens is 2. The summed E-state index contributed by atoms with van der Waals surface area (Å²) in [7, 11) is 0. The number of carbonyl (C=O) groups is 2. The van der Waals surface area contributed by atoms with E-state index in [0.717, 1.165) is 31.4 Å². The number of amides is 1. The molecule has 0 spiro atoms. The van der Waals surface area contributed by atoms with Gasteiger partial charge in [0.1, 0.15) is 6.04 Å². The number of alkyl halides is 3. The number of hydrogen-bond acceptors (Lipinski definition) is 7. The lowest BCUT2D eigenvalue weighted by molar-refractivity contribution is -0.192. The van der Waals surface area contributed by atoms with Gasteiger partial charge in [0.05, 0.1) is 11.4 Å². The molecule has 2 aliphatic rings. The monoisotopic (exact) mass is 382 g/mol. The van der Waals surface area contributed by atoms with E-state index in [2.05, 4.69) is 10.2 Å². The fraction of sp³-hybridized carbons (Fsp3) is 0.692. The third-order valence-electron chi connectivity index (χ3n) is 3.79. The first-order valence-corrected chi connectivity index (χ1v) is 8.52. The van der Waals surface area contributed by atoms with Crippen LogP contribution < -0.4 is 5.73 Å². The lowest BCUT2D eigenvalue weighted by atomic mass is 10.0. The zero-order chi connectivity index (χ0) is 18.6. The second kappa shape index (κ2) is 8.04. The number of halogens is 3. The normalized spacial score (nSPS) is 27.0. The fourth-order valence-electron chi connectivity index (χ4n) is 2.64. The molecule has 140 valence electrons. The first kappa shape index (κ1) is 19.5. The molecule has 3 N–H and O–H groups in total. The quantitative estimate of drug-likeness (QED) is 0.750. The van der Waals surface area contributed by atoms with Gasteiger partial charge in [0.2, 0.25) is 18.2 Å². The molecule has 0 bridgehead atoms. The Morgan fingerprint density at radius 2 is 2.08 bits per heavy atom. The van der Waals surface area contributed by atoms with Crippen LogP contribution in [0.3, 0.4) is 0 Å². The molecular formula is C13H17F3N4O4S. The van der Waals surface area contributed by atoms with E-state index in [1.165, 1.54) is 6.39 Å². The van der Waals surface area contributed by atoms with E-state index in [9.17, 15) is 18.0 Å². The molecule has 2 fully saturated rings. The Hall–Kier alpha value is -1.82. The summed E-state index contributed by atoms with van der Waals surface area (Å²) in [5.41, 5.74) is 5.93. The first-order valence-electron chi connectivity index (χ1n) is 7.47. The Morgan fingerprint density at radius 1 is 1.40 bits per heavy atom. The zero-order valence-corrected chi connectivity index (χ0v) is 13.8. The van der Waals surface area contributed by atoms with Gasteiger partial charge in [0, 0.05) is 0 Å². The van der Waals surface area contributed by atoms with Crippen molar-refractivity contribution in [2.75, 3.05) is 5.75 Å². The molecule has 8 nitrogen and oxygen atoms in total. The highest BCUT2D eigenvalue weighted by Crippen LogP contribution is 2.40. The zero-order valence-electron chi connectivity index (χ0n) is 13.0. The van der Waals surface area contributed by atoms with Gasteiger partial charge in [-0.05, 0) is 31.4 Å². The molecule has 0 aliphatic carbocycles. The van der Waals surface area contributed by atoms with Gasteiger partial charge < -0.3 is 20.2 Å². The smallest absolute Gasteiger partial charge is 0.475 e. The molecule has 2 saturated heterocycles. The second-order valence-corrected chi connectivity index (χ2v) is 6.78. The highest BCUT2D eigenvalue weighted by atomic mass is 32.2. The predicted octanol–water partition coefficient (Wildman–Crippen LogP) is 1.55. The van der Waals surface area contributed by atoms with E-state index in [0.29, 0.717) is 5.89 Å². The summed E-state index contributed by atoms with van der Waals surface area (Å²) in [6.45, 7) is 0. The predicted molar refractivity (Wildman–Crippen MR) is 80.3 cm³/mol. The Labute approximate surface area is 144 Å². The fourth-order valence-corrected chi connectivity index (χ4v) is 4.05. The average molecular weight is 382 g/mol.